The molecule has 2 heterocycles. The van der Waals surface area contributed by atoms with Crippen molar-refractivity contribution < 1.29 is 4.79 Å². The topological polar surface area (TPSA) is 37.3 Å². The summed E-state index contributed by atoms with van der Waals surface area (Å²) in [6, 6.07) is 27.6. The maximum Gasteiger partial charge on any atom is 0.322 e. The smallest absolute Gasteiger partial charge is 0.318 e. The van der Waals surface area contributed by atoms with Gasteiger partial charge in [0, 0.05) is 27.5 Å². The maximum absolute atomic E-state index is 13.6. The monoisotopic (exact) mass is 459 g/mol. The van der Waals surface area contributed by atoms with Crippen LogP contribution in [0.5, 0.6) is 0 Å². The predicted molar refractivity (Wildman–Crippen MR) is 132 cm³/mol. The van der Waals surface area contributed by atoms with E-state index in [0.717, 1.165) is 22.5 Å². The third-order valence-corrected chi connectivity index (χ3v) is 6.75. The molecule has 0 saturated carbocycles. The molecular weight excluding hydrogens is 438 g/mol. The first-order valence-corrected chi connectivity index (χ1v) is 12.0. The van der Waals surface area contributed by atoms with E-state index in [1.807, 2.05) is 35.2 Å². The average Bonchev–Trinajstić information content (AvgIpc) is 3.25. The van der Waals surface area contributed by atoms with Crippen molar-refractivity contribution in [3.8, 4) is 5.69 Å². The molecule has 0 bridgehead atoms. The number of carbonyl (C=O) groups excluding carboxylic acids is 1. The Labute approximate surface area is 196 Å². The molecule has 0 aliphatic carbocycles. The molecule has 0 fully saturated rings. The lowest BCUT2D eigenvalue weighted by molar-refractivity contribution is 0.194. The first-order valence-electron chi connectivity index (χ1n) is 10.4. The number of hydrogen-bond donors (Lipinski definition) is 1. The fourth-order valence-electron chi connectivity index (χ4n) is 4.20. The second-order valence-electron chi connectivity index (χ2n) is 7.67. The van der Waals surface area contributed by atoms with E-state index < -0.39 is 0 Å². The lowest BCUT2D eigenvalue weighted by Crippen LogP contribution is -2.37. The van der Waals surface area contributed by atoms with Crippen LogP contribution in [0.1, 0.15) is 22.9 Å². The van der Waals surface area contributed by atoms with Gasteiger partial charge in [-0.25, -0.2) is 4.79 Å². The van der Waals surface area contributed by atoms with E-state index in [4.69, 9.17) is 11.6 Å². The summed E-state index contributed by atoms with van der Waals surface area (Å²) in [5.74, 6) is 0. The Kier molecular flexibility index (Phi) is 5.68. The van der Waals surface area contributed by atoms with Gasteiger partial charge in [0.15, 0.2) is 0 Å². The Morgan fingerprint density at radius 3 is 2.47 bits per heavy atom. The van der Waals surface area contributed by atoms with Gasteiger partial charge < -0.3 is 14.8 Å². The van der Waals surface area contributed by atoms with Gasteiger partial charge in [0.25, 0.3) is 0 Å². The summed E-state index contributed by atoms with van der Waals surface area (Å²) < 4.78 is 2.19. The Balaban J connectivity index is 1.61. The zero-order chi connectivity index (χ0) is 22.1. The number of amides is 2. The van der Waals surface area contributed by atoms with E-state index in [-0.39, 0.29) is 12.1 Å². The summed E-state index contributed by atoms with van der Waals surface area (Å²) in [5.41, 5.74) is 5.03. The molecule has 0 radical (unpaired) electrons. The van der Waals surface area contributed by atoms with Crippen LogP contribution in [0.25, 0.3) is 5.69 Å². The molecule has 0 saturated heterocycles. The SMILES string of the molecule is CSc1ccc([C@@H]2c3cccn3-c3ccccc3CN2C(=O)Nc2ccc(Cl)cc2)cc1. The normalized spacial score (nSPS) is 14.9. The number of urea groups is 1. The summed E-state index contributed by atoms with van der Waals surface area (Å²) in [6.45, 7) is 0.492. The van der Waals surface area contributed by atoms with Gasteiger partial charge in [-0.1, -0.05) is 41.9 Å². The van der Waals surface area contributed by atoms with Crippen LogP contribution in [0.4, 0.5) is 10.5 Å². The first-order chi connectivity index (χ1) is 15.6. The van der Waals surface area contributed by atoms with Crippen molar-refractivity contribution in [2.24, 2.45) is 0 Å². The lowest BCUT2D eigenvalue weighted by atomic mass is 10.0. The number of anilines is 1. The van der Waals surface area contributed by atoms with Gasteiger partial charge in [-0.15, -0.1) is 11.8 Å². The molecule has 1 atom stereocenters. The second kappa shape index (κ2) is 8.77. The van der Waals surface area contributed by atoms with Crippen LogP contribution in [0.2, 0.25) is 5.02 Å². The number of para-hydroxylation sites is 1. The van der Waals surface area contributed by atoms with Crippen molar-refractivity contribution >= 4 is 35.1 Å². The molecule has 1 N–H and O–H groups in total. The number of hydrogen-bond acceptors (Lipinski definition) is 2. The van der Waals surface area contributed by atoms with Gasteiger partial charge in [-0.05, 0) is 72.0 Å². The number of carbonyl (C=O) groups is 1. The Morgan fingerprint density at radius 2 is 1.72 bits per heavy atom. The maximum atomic E-state index is 13.6. The Bertz CT molecular complexity index is 1250. The number of benzene rings is 3. The molecule has 5 rings (SSSR count). The molecule has 4 aromatic rings. The summed E-state index contributed by atoms with van der Waals surface area (Å²) in [6.07, 6.45) is 4.13. The van der Waals surface area contributed by atoms with Crippen LogP contribution >= 0.6 is 23.4 Å². The summed E-state index contributed by atoms with van der Waals surface area (Å²) >= 11 is 7.73. The van der Waals surface area contributed by atoms with Gasteiger partial charge in [-0.2, -0.15) is 0 Å². The van der Waals surface area contributed by atoms with Crippen molar-refractivity contribution in [2.45, 2.75) is 17.5 Å². The van der Waals surface area contributed by atoms with E-state index in [0.29, 0.717) is 17.3 Å². The van der Waals surface area contributed by atoms with Crippen LogP contribution in [-0.4, -0.2) is 21.8 Å². The highest BCUT2D eigenvalue weighted by Gasteiger charge is 2.33. The number of aromatic nitrogens is 1. The summed E-state index contributed by atoms with van der Waals surface area (Å²) in [7, 11) is 0. The molecule has 2 amide bonds. The minimum absolute atomic E-state index is 0.157. The number of halogens is 1. The molecular formula is C26H22ClN3OS. The van der Waals surface area contributed by atoms with Crippen LogP contribution in [-0.2, 0) is 6.54 Å². The molecule has 1 aromatic heterocycles. The highest BCUT2D eigenvalue weighted by atomic mass is 35.5. The number of nitrogens with zero attached hydrogens (tertiary/aromatic N) is 2. The molecule has 1 aliphatic heterocycles. The number of fused-ring (bicyclic) bond motifs is 3. The molecule has 3 aromatic carbocycles. The van der Waals surface area contributed by atoms with Crippen LogP contribution in [0.15, 0.2) is 96.0 Å². The van der Waals surface area contributed by atoms with Gasteiger partial charge in [0.1, 0.15) is 0 Å². The summed E-state index contributed by atoms with van der Waals surface area (Å²) in [5, 5.41) is 3.69. The van der Waals surface area contributed by atoms with E-state index in [1.54, 1.807) is 23.9 Å². The highest BCUT2D eigenvalue weighted by Crippen LogP contribution is 2.37. The highest BCUT2D eigenvalue weighted by molar-refractivity contribution is 7.98. The van der Waals surface area contributed by atoms with Crippen molar-refractivity contribution in [1.82, 2.24) is 9.47 Å². The quantitative estimate of drug-likeness (QED) is 0.335. The zero-order valence-corrected chi connectivity index (χ0v) is 19.1. The van der Waals surface area contributed by atoms with Crippen LogP contribution in [0.3, 0.4) is 0 Å². The fraction of sp³-hybridized carbons (Fsp3) is 0.115. The third-order valence-electron chi connectivity index (χ3n) is 5.75. The number of nitrogens with one attached hydrogen (secondary N) is 1. The second-order valence-corrected chi connectivity index (χ2v) is 8.99. The van der Waals surface area contributed by atoms with Gasteiger partial charge >= 0.3 is 6.03 Å². The van der Waals surface area contributed by atoms with Crippen LogP contribution in [0, 0.1) is 0 Å². The van der Waals surface area contributed by atoms with Crippen molar-refractivity contribution in [3.63, 3.8) is 0 Å². The minimum Gasteiger partial charge on any atom is -0.318 e. The van der Waals surface area contributed by atoms with E-state index in [9.17, 15) is 4.79 Å². The first kappa shape index (κ1) is 20.7. The molecule has 4 nitrogen and oxygen atoms in total. The van der Waals surface area contributed by atoms with Crippen molar-refractivity contribution in [3.05, 3.63) is 113 Å². The van der Waals surface area contributed by atoms with E-state index in [2.05, 4.69) is 64.8 Å². The van der Waals surface area contributed by atoms with Crippen LogP contribution < -0.4 is 5.32 Å². The van der Waals surface area contributed by atoms with Gasteiger partial charge in [0.2, 0.25) is 0 Å². The van der Waals surface area contributed by atoms with E-state index >= 15 is 0 Å². The summed E-state index contributed by atoms with van der Waals surface area (Å²) in [4.78, 5) is 16.7. The van der Waals surface area contributed by atoms with Crippen molar-refractivity contribution in [1.29, 1.82) is 0 Å². The average molecular weight is 460 g/mol. The molecule has 1 aliphatic rings. The van der Waals surface area contributed by atoms with Gasteiger partial charge in [-0.3, -0.25) is 0 Å². The number of thioether (sulfide) groups is 1. The fourth-order valence-corrected chi connectivity index (χ4v) is 4.74. The molecule has 0 spiro atoms. The zero-order valence-electron chi connectivity index (χ0n) is 17.5. The largest absolute Gasteiger partial charge is 0.322 e. The molecule has 160 valence electrons. The minimum atomic E-state index is -0.236. The predicted octanol–water partition coefficient (Wildman–Crippen LogP) is 6.99. The van der Waals surface area contributed by atoms with Gasteiger partial charge in [0.05, 0.1) is 18.3 Å². The third kappa shape index (κ3) is 3.90. The molecule has 0 unspecified atom stereocenters. The lowest BCUT2D eigenvalue weighted by Gasteiger charge is -2.31. The standard InChI is InChI=1S/C26H22ClN3OS/c1-32-22-14-8-18(9-15-22)25-24-7-4-16-29(24)23-6-3-2-5-19(23)17-30(25)26(31)28-21-12-10-20(27)11-13-21/h2-16,25H,17H2,1H3,(H,28,31)/t25-/m1/s1. The Morgan fingerprint density at radius 1 is 0.969 bits per heavy atom. The molecule has 32 heavy (non-hydrogen) atoms. The van der Waals surface area contributed by atoms with Crippen molar-refractivity contribution in [2.75, 3.05) is 11.6 Å². The number of rotatable bonds is 3. The Hall–Kier alpha value is -3.15. The molecule has 6 heteroatoms. The van der Waals surface area contributed by atoms with E-state index in [1.165, 1.54) is 4.90 Å².